The minimum absolute atomic E-state index is 0.104. The van der Waals surface area contributed by atoms with Crippen molar-refractivity contribution < 1.29 is 19.0 Å². The highest BCUT2D eigenvalue weighted by atomic mass is 35.5. The minimum Gasteiger partial charge on any atom is -0.434 e. The third-order valence-corrected chi connectivity index (χ3v) is 2.16. The molecule has 90 valence electrons. The van der Waals surface area contributed by atoms with Gasteiger partial charge in [0.05, 0.1) is 12.7 Å². The van der Waals surface area contributed by atoms with Crippen molar-refractivity contribution in [1.29, 1.82) is 0 Å². The van der Waals surface area contributed by atoms with E-state index in [-0.39, 0.29) is 25.2 Å². The molecule has 0 saturated heterocycles. The first-order valence-electron chi connectivity index (χ1n) is 5.07. The van der Waals surface area contributed by atoms with E-state index in [9.17, 15) is 4.79 Å². The Labute approximate surface area is 95.8 Å². The monoisotopic (exact) mass is 238 g/mol. The first kappa shape index (κ1) is 14.5. The Bertz CT molecular complexity index is 175. The zero-order chi connectivity index (χ0) is 11.7. The van der Waals surface area contributed by atoms with Gasteiger partial charge in [0.1, 0.15) is 6.61 Å². The van der Waals surface area contributed by atoms with Gasteiger partial charge < -0.3 is 14.2 Å². The van der Waals surface area contributed by atoms with Gasteiger partial charge in [-0.1, -0.05) is 6.92 Å². The van der Waals surface area contributed by atoms with E-state index in [4.69, 9.17) is 25.8 Å². The molecule has 5 heteroatoms. The highest BCUT2D eigenvalue weighted by Crippen LogP contribution is 2.00. The smallest absolute Gasteiger partial charge is 0.434 e. The number of carbonyl (C=O) groups excluding carboxylic acids is 1. The van der Waals surface area contributed by atoms with Gasteiger partial charge in [-0.05, 0) is 13.8 Å². The third kappa shape index (κ3) is 8.51. The van der Waals surface area contributed by atoms with Gasteiger partial charge in [-0.15, -0.1) is 11.6 Å². The summed E-state index contributed by atoms with van der Waals surface area (Å²) in [7, 11) is 0. The molecule has 0 N–H and O–H groups in total. The molecule has 0 amide bonds. The topological polar surface area (TPSA) is 44.8 Å². The van der Waals surface area contributed by atoms with Crippen molar-refractivity contribution in [3.05, 3.63) is 0 Å². The summed E-state index contributed by atoms with van der Waals surface area (Å²) in [5.74, 6) is 0.603. The summed E-state index contributed by atoms with van der Waals surface area (Å²) in [6, 6.07) is 0. The number of alkyl halides is 1. The van der Waals surface area contributed by atoms with Crippen LogP contribution in [-0.2, 0) is 14.2 Å². The predicted molar refractivity (Wildman–Crippen MR) is 58.3 cm³/mol. The Morgan fingerprint density at radius 3 is 2.40 bits per heavy atom. The van der Waals surface area contributed by atoms with Gasteiger partial charge in [-0.2, -0.15) is 0 Å². The van der Waals surface area contributed by atoms with Gasteiger partial charge in [-0.25, -0.2) is 4.79 Å². The van der Waals surface area contributed by atoms with Crippen LogP contribution in [-0.4, -0.2) is 38.0 Å². The zero-order valence-electron chi connectivity index (χ0n) is 9.49. The predicted octanol–water partition coefficient (Wildman–Crippen LogP) is 2.44. The molecule has 4 nitrogen and oxygen atoms in total. The molecule has 0 spiro atoms. The lowest BCUT2D eigenvalue weighted by Gasteiger charge is -2.13. The van der Waals surface area contributed by atoms with Crippen LogP contribution in [0.2, 0.25) is 0 Å². The molecule has 0 rings (SSSR count). The summed E-state index contributed by atoms with van der Waals surface area (Å²) < 4.78 is 14.8. The average molecular weight is 239 g/mol. The van der Waals surface area contributed by atoms with E-state index >= 15 is 0 Å². The molecule has 15 heavy (non-hydrogen) atoms. The number of hydrogen-bond donors (Lipinski definition) is 0. The molecule has 0 aliphatic carbocycles. The van der Waals surface area contributed by atoms with E-state index in [1.165, 1.54) is 0 Å². The first-order valence-corrected chi connectivity index (χ1v) is 5.60. The van der Waals surface area contributed by atoms with Gasteiger partial charge >= 0.3 is 6.16 Å². The lowest BCUT2D eigenvalue weighted by Crippen LogP contribution is -2.21. The molecular weight excluding hydrogens is 220 g/mol. The molecular formula is C10H19ClO4. The molecule has 0 heterocycles. The van der Waals surface area contributed by atoms with E-state index < -0.39 is 6.16 Å². The summed E-state index contributed by atoms with van der Waals surface area (Å²) in [5.41, 5.74) is 0. The quantitative estimate of drug-likeness (QED) is 0.505. The lowest BCUT2D eigenvalue weighted by atomic mass is 10.2. The Balaban J connectivity index is 3.48. The van der Waals surface area contributed by atoms with Crippen LogP contribution >= 0.6 is 11.6 Å². The van der Waals surface area contributed by atoms with Crippen LogP contribution < -0.4 is 0 Å². The van der Waals surface area contributed by atoms with E-state index in [2.05, 4.69) is 0 Å². The normalized spacial score (nSPS) is 14.4. The second-order valence-electron chi connectivity index (χ2n) is 3.40. The van der Waals surface area contributed by atoms with Crippen molar-refractivity contribution in [3.8, 4) is 0 Å². The molecule has 0 aliphatic heterocycles. The Morgan fingerprint density at radius 2 is 1.87 bits per heavy atom. The van der Waals surface area contributed by atoms with Crippen molar-refractivity contribution in [1.82, 2.24) is 0 Å². The van der Waals surface area contributed by atoms with Crippen LogP contribution in [0.5, 0.6) is 0 Å². The molecule has 0 fully saturated rings. The van der Waals surface area contributed by atoms with Gasteiger partial charge in [0.15, 0.2) is 0 Å². The van der Waals surface area contributed by atoms with Crippen molar-refractivity contribution >= 4 is 17.8 Å². The maximum absolute atomic E-state index is 11.0. The standard InChI is InChI=1S/C10H19ClO4/c1-4-13-9(3)7-15-10(12)14-6-8(2)5-11/h8-9H,4-7H2,1-3H3. The fraction of sp³-hybridized carbons (Fsp3) is 0.900. The van der Waals surface area contributed by atoms with Crippen LogP contribution in [0.25, 0.3) is 0 Å². The largest absolute Gasteiger partial charge is 0.508 e. The molecule has 2 unspecified atom stereocenters. The first-order chi connectivity index (χ1) is 7.10. The second kappa shape index (κ2) is 8.80. The van der Waals surface area contributed by atoms with Crippen LogP contribution in [0.15, 0.2) is 0 Å². The van der Waals surface area contributed by atoms with E-state index in [0.29, 0.717) is 12.5 Å². The Kier molecular flexibility index (Phi) is 8.52. The Morgan fingerprint density at radius 1 is 1.27 bits per heavy atom. The number of rotatable bonds is 7. The van der Waals surface area contributed by atoms with Crippen LogP contribution in [0.3, 0.4) is 0 Å². The summed E-state index contributed by atoms with van der Waals surface area (Å²) in [4.78, 5) is 11.0. The molecule has 0 aromatic heterocycles. The fourth-order valence-corrected chi connectivity index (χ4v) is 0.904. The van der Waals surface area contributed by atoms with Crippen LogP contribution in [0.4, 0.5) is 4.79 Å². The minimum atomic E-state index is -0.668. The average Bonchev–Trinajstić information content (AvgIpc) is 2.23. The SMILES string of the molecule is CCOC(C)COC(=O)OCC(C)CCl. The summed E-state index contributed by atoms with van der Waals surface area (Å²) in [5, 5.41) is 0. The summed E-state index contributed by atoms with van der Waals surface area (Å²) in [6.45, 7) is 6.70. The molecule has 0 saturated carbocycles. The maximum Gasteiger partial charge on any atom is 0.508 e. The molecule has 2 atom stereocenters. The van der Waals surface area contributed by atoms with Crippen molar-refractivity contribution in [2.24, 2.45) is 5.92 Å². The lowest BCUT2D eigenvalue weighted by molar-refractivity contribution is -0.00737. The second-order valence-corrected chi connectivity index (χ2v) is 3.71. The van der Waals surface area contributed by atoms with Gasteiger partial charge in [0.25, 0.3) is 0 Å². The molecule has 0 aliphatic rings. The van der Waals surface area contributed by atoms with Crippen molar-refractivity contribution in [2.75, 3.05) is 25.7 Å². The van der Waals surface area contributed by atoms with Crippen molar-refractivity contribution in [2.45, 2.75) is 26.9 Å². The zero-order valence-corrected chi connectivity index (χ0v) is 10.3. The Hall–Kier alpha value is -0.480. The molecule has 0 aromatic rings. The van der Waals surface area contributed by atoms with Crippen LogP contribution in [0.1, 0.15) is 20.8 Å². The number of hydrogen-bond acceptors (Lipinski definition) is 4. The van der Waals surface area contributed by atoms with E-state index in [1.807, 2.05) is 20.8 Å². The van der Waals surface area contributed by atoms with Crippen LogP contribution in [0, 0.1) is 5.92 Å². The van der Waals surface area contributed by atoms with E-state index in [0.717, 1.165) is 0 Å². The van der Waals surface area contributed by atoms with E-state index in [1.54, 1.807) is 0 Å². The van der Waals surface area contributed by atoms with Gasteiger partial charge in [0, 0.05) is 18.4 Å². The molecule has 0 aromatic carbocycles. The van der Waals surface area contributed by atoms with Gasteiger partial charge in [-0.3, -0.25) is 0 Å². The molecule has 0 radical (unpaired) electrons. The summed E-state index contributed by atoms with van der Waals surface area (Å²) in [6.07, 6.45) is -0.772. The highest BCUT2D eigenvalue weighted by Gasteiger charge is 2.09. The summed E-state index contributed by atoms with van der Waals surface area (Å²) >= 11 is 5.55. The highest BCUT2D eigenvalue weighted by molar-refractivity contribution is 6.18. The number of carbonyl (C=O) groups is 1. The maximum atomic E-state index is 11.0. The number of ether oxygens (including phenoxy) is 3. The number of halogens is 1. The fourth-order valence-electron chi connectivity index (χ4n) is 0.815. The van der Waals surface area contributed by atoms with Crippen molar-refractivity contribution in [3.63, 3.8) is 0 Å². The van der Waals surface area contributed by atoms with Gasteiger partial charge in [0.2, 0.25) is 0 Å². The third-order valence-electron chi connectivity index (χ3n) is 1.64. The molecule has 0 bridgehead atoms.